The van der Waals surface area contributed by atoms with Crippen LogP contribution in [-0.2, 0) is 14.9 Å². The number of aliphatic carboxylic acids is 1. The molecule has 0 radical (unpaired) electrons. The SMILES string of the molecule is Cc1noc(-c2ccc(-c3ccc(C4(C(=O)O)CC(F)(F)C4)cc3)cc2)c1NC(=O)O[C@H](C)c1ccccc1. The fourth-order valence-electron chi connectivity index (χ4n) is 4.90. The molecule has 3 aromatic carbocycles. The van der Waals surface area contributed by atoms with Gasteiger partial charge < -0.3 is 14.4 Å². The molecular formula is C30H26F2N2O5. The summed E-state index contributed by atoms with van der Waals surface area (Å²) in [6.07, 6.45) is -2.49. The summed E-state index contributed by atoms with van der Waals surface area (Å²) in [6, 6.07) is 23.3. The molecule has 1 aliphatic carbocycles. The van der Waals surface area contributed by atoms with Crippen LogP contribution in [-0.4, -0.2) is 28.2 Å². The molecule has 4 aromatic rings. The Morgan fingerprint density at radius 1 is 0.949 bits per heavy atom. The number of hydrogen-bond donors (Lipinski definition) is 2. The third-order valence-electron chi connectivity index (χ3n) is 7.09. The van der Waals surface area contributed by atoms with Crippen molar-refractivity contribution in [3.8, 4) is 22.5 Å². The molecule has 1 aromatic heterocycles. The predicted molar refractivity (Wildman–Crippen MR) is 141 cm³/mol. The van der Waals surface area contributed by atoms with Gasteiger partial charge in [0, 0.05) is 18.4 Å². The van der Waals surface area contributed by atoms with E-state index in [1.54, 1.807) is 50.2 Å². The minimum atomic E-state index is -2.96. The minimum absolute atomic E-state index is 0.364. The number of carboxylic acids is 1. The number of carboxylic acid groups (broad SMARTS) is 1. The van der Waals surface area contributed by atoms with E-state index < -0.39 is 42.3 Å². The van der Waals surface area contributed by atoms with Gasteiger partial charge in [-0.15, -0.1) is 0 Å². The summed E-state index contributed by atoms with van der Waals surface area (Å²) >= 11 is 0. The lowest BCUT2D eigenvalue weighted by atomic mass is 9.62. The summed E-state index contributed by atoms with van der Waals surface area (Å²) in [5.41, 5.74) is 2.85. The molecule has 1 saturated carbocycles. The largest absolute Gasteiger partial charge is 0.481 e. The summed E-state index contributed by atoms with van der Waals surface area (Å²) in [6.45, 7) is 3.49. The molecule has 1 heterocycles. The topological polar surface area (TPSA) is 102 Å². The second-order valence-corrected chi connectivity index (χ2v) is 9.81. The minimum Gasteiger partial charge on any atom is -0.481 e. The van der Waals surface area contributed by atoms with Crippen LogP contribution >= 0.6 is 0 Å². The molecular weight excluding hydrogens is 506 g/mol. The smallest absolute Gasteiger partial charge is 0.412 e. The van der Waals surface area contributed by atoms with Crippen molar-refractivity contribution in [2.24, 2.45) is 0 Å². The molecule has 9 heteroatoms. The quantitative estimate of drug-likeness (QED) is 0.258. The average molecular weight is 533 g/mol. The van der Waals surface area contributed by atoms with Crippen molar-refractivity contribution in [3.05, 3.63) is 95.7 Å². The molecule has 5 rings (SSSR count). The number of halogens is 2. The summed E-state index contributed by atoms with van der Waals surface area (Å²) in [4.78, 5) is 24.3. The molecule has 0 spiro atoms. The Hall–Kier alpha value is -4.53. The van der Waals surface area contributed by atoms with E-state index in [1.165, 1.54) is 0 Å². The summed E-state index contributed by atoms with van der Waals surface area (Å²) in [5.74, 6) is -3.83. The Balaban J connectivity index is 1.30. The Kier molecular flexibility index (Phi) is 6.68. The molecule has 1 amide bonds. The van der Waals surface area contributed by atoms with Gasteiger partial charge in [-0.05, 0) is 36.1 Å². The van der Waals surface area contributed by atoms with Gasteiger partial charge in [-0.25, -0.2) is 13.6 Å². The maximum atomic E-state index is 13.5. The Bertz CT molecular complexity index is 1490. The highest BCUT2D eigenvalue weighted by Crippen LogP contribution is 2.53. The summed E-state index contributed by atoms with van der Waals surface area (Å²) in [7, 11) is 0. The average Bonchev–Trinajstić information content (AvgIpc) is 3.27. The van der Waals surface area contributed by atoms with Crippen molar-refractivity contribution in [1.29, 1.82) is 0 Å². The Morgan fingerprint density at radius 2 is 1.51 bits per heavy atom. The first-order valence-electron chi connectivity index (χ1n) is 12.4. The number of rotatable bonds is 7. The summed E-state index contributed by atoms with van der Waals surface area (Å²) < 4.78 is 38.0. The Morgan fingerprint density at radius 3 is 2.08 bits per heavy atom. The standard InChI is InChI=1S/C30H26F2N2O5/c1-18-25(33-28(37)38-19(2)20-6-4-3-5-7-20)26(39-34-18)23-10-8-21(9-11-23)22-12-14-24(15-13-22)29(27(35)36)16-30(31,32)17-29/h3-15,19H,16-17H2,1-2H3,(H,33,37)(H,35,36)/t19-/m1/s1. The number of amides is 1. The number of aromatic nitrogens is 1. The summed E-state index contributed by atoms with van der Waals surface area (Å²) in [5, 5.41) is 16.3. The number of carbonyl (C=O) groups is 2. The zero-order valence-corrected chi connectivity index (χ0v) is 21.3. The van der Waals surface area contributed by atoms with Crippen LogP contribution in [0.4, 0.5) is 19.3 Å². The molecule has 1 fully saturated rings. The van der Waals surface area contributed by atoms with Crippen molar-refractivity contribution < 1.29 is 32.7 Å². The van der Waals surface area contributed by atoms with Crippen molar-refractivity contribution in [2.45, 2.75) is 44.1 Å². The molecule has 1 atom stereocenters. The zero-order chi connectivity index (χ0) is 27.8. The first kappa shape index (κ1) is 26.1. The normalized spacial score (nSPS) is 16.1. The second kappa shape index (κ2) is 9.98. The van der Waals surface area contributed by atoms with Crippen molar-refractivity contribution >= 4 is 17.7 Å². The van der Waals surface area contributed by atoms with Crippen molar-refractivity contribution in [1.82, 2.24) is 5.16 Å². The van der Waals surface area contributed by atoms with Gasteiger partial charge >= 0.3 is 12.1 Å². The third kappa shape index (κ3) is 5.12. The van der Waals surface area contributed by atoms with E-state index >= 15 is 0 Å². The van der Waals surface area contributed by atoms with Crippen LogP contribution in [0.25, 0.3) is 22.5 Å². The molecule has 0 bridgehead atoms. The molecule has 0 saturated heterocycles. The van der Waals surface area contributed by atoms with Gasteiger partial charge in [-0.1, -0.05) is 84.0 Å². The first-order valence-corrected chi connectivity index (χ1v) is 12.4. The van der Waals surface area contributed by atoms with E-state index in [0.29, 0.717) is 28.3 Å². The number of ether oxygens (including phenoxy) is 1. The van der Waals surface area contributed by atoms with Crippen LogP contribution in [0.1, 0.15) is 42.7 Å². The number of nitrogens with zero attached hydrogens (tertiary/aromatic N) is 1. The monoisotopic (exact) mass is 532 g/mol. The van der Waals surface area contributed by atoms with Crippen LogP contribution in [0.5, 0.6) is 0 Å². The second-order valence-electron chi connectivity index (χ2n) is 9.81. The lowest BCUT2D eigenvalue weighted by Gasteiger charge is -2.44. The number of benzene rings is 3. The van der Waals surface area contributed by atoms with Crippen LogP contribution in [0.15, 0.2) is 83.4 Å². The van der Waals surface area contributed by atoms with E-state index in [2.05, 4.69) is 10.5 Å². The highest BCUT2D eigenvalue weighted by Gasteiger charge is 2.62. The molecule has 2 N–H and O–H groups in total. The van der Waals surface area contributed by atoms with Crippen LogP contribution in [0.3, 0.4) is 0 Å². The van der Waals surface area contributed by atoms with E-state index in [1.807, 2.05) is 42.5 Å². The fourth-order valence-corrected chi connectivity index (χ4v) is 4.90. The number of alkyl halides is 2. The van der Waals surface area contributed by atoms with E-state index in [4.69, 9.17) is 9.26 Å². The highest BCUT2D eigenvalue weighted by atomic mass is 19.3. The zero-order valence-electron chi connectivity index (χ0n) is 21.3. The van der Waals surface area contributed by atoms with Gasteiger partial charge in [0.05, 0.1) is 0 Å². The number of nitrogens with one attached hydrogen (secondary N) is 1. The van der Waals surface area contributed by atoms with Gasteiger partial charge in [0.2, 0.25) is 0 Å². The van der Waals surface area contributed by atoms with E-state index in [0.717, 1.165) is 16.7 Å². The maximum absolute atomic E-state index is 13.5. The number of carbonyl (C=O) groups excluding carboxylic acids is 1. The molecule has 39 heavy (non-hydrogen) atoms. The van der Waals surface area contributed by atoms with Crippen molar-refractivity contribution in [2.75, 3.05) is 5.32 Å². The van der Waals surface area contributed by atoms with E-state index in [9.17, 15) is 23.5 Å². The van der Waals surface area contributed by atoms with Gasteiger partial charge in [0.1, 0.15) is 22.9 Å². The lowest BCUT2D eigenvalue weighted by Crippen LogP contribution is -2.54. The van der Waals surface area contributed by atoms with E-state index in [-0.39, 0.29) is 0 Å². The van der Waals surface area contributed by atoms with Gasteiger partial charge in [-0.2, -0.15) is 0 Å². The molecule has 7 nitrogen and oxygen atoms in total. The van der Waals surface area contributed by atoms with Crippen LogP contribution < -0.4 is 5.32 Å². The number of anilines is 1. The maximum Gasteiger partial charge on any atom is 0.412 e. The first-order chi connectivity index (χ1) is 18.6. The van der Waals surface area contributed by atoms with Crippen LogP contribution in [0, 0.1) is 6.92 Å². The van der Waals surface area contributed by atoms with Gasteiger partial charge in [0.15, 0.2) is 5.76 Å². The van der Waals surface area contributed by atoms with Crippen molar-refractivity contribution in [3.63, 3.8) is 0 Å². The van der Waals surface area contributed by atoms with Gasteiger partial charge in [-0.3, -0.25) is 10.1 Å². The number of aryl methyl sites for hydroxylation is 1. The third-order valence-corrected chi connectivity index (χ3v) is 7.09. The highest BCUT2D eigenvalue weighted by molar-refractivity contribution is 5.91. The molecule has 0 unspecified atom stereocenters. The predicted octanol–water partition coefficient (Wildman–Crippen LogP) is 7.38. The molecule has 0 aliphatic heterocycles. The Labute approximate surface area is 223 Å². The molecule has 200 valence electrons. The molecule has 1 aliphatic rings. The van der Waals surface area contributed by atoms with Crippen LogP contribution in [0.2, 0.25) is 0 Å². The fraction of sp³-hybridized carbons (Fsp3) is 0.233. The van der Waals surface area contributed by atoms with Gasteiger partial charge in [0.25, 0.3) is 5.92 Å². The number of hydrogen-bond acceptors (Lipinski definition) is 5. The lowest BCUT2D eigenvalue weighted by molar-refractivity contribution is -0.174.